The van der Waals surface area contributed by atoms with Gasteiger partial charge in [0.25, 0.3) is 0 Å². The molecule has 0 spiro atoms. The van der Waals surface area contributed by atoms with E-state index in [0.29, 0.717) is 22.8 Å². The number of pyridine rings is 4. The van der Waals surface area contributed by atoms with Gasteiger partial charge in [0, 0.05) is 99.2 Å². The van der Waals surface area contributed by atoms with E-state index in [4.69, 9.17) is 24.3 Å². The number of methoxy groups -OCH3 is 3. The van der Waals surface area contributed by atoms with Crippen molar-refractivity contribution in [2.45, 2.75) is 79.4 Å². The predicted octanol–water partition coefficient (Wildman–Crippen LogP) is 6.24. The molecule has 0 amide bonds. The number of carboxylic acids is 1. The Balaban J connectivity index is 0.000000547. The van der Waals surface area contributed by atoms with Gasteiger partial charge in [-0.25, -0.2) is 39.1 Å². The third-order valence-corrected chi connectivity index (χ3v) is 15.3. The van der Waals surface area contributed by atoms with Crippen LogP contribution in [0.25, 0.3) is 33.8 Å². The molecule has 0 aromatic carbocycles. The van der Waals surface area contributed by atoms with Gasteiger partial charge in [0.15, 0.2) is 0 Å². The topological polar surface area (TPSA) is 329 Å². The summed E-state index contributed by atoms with van der Waals surface area (Å²) in [6, 6.07) is 17.4. The summed E-state index contributed by atoms with van der Waals surface area (Å²) in [7, 11) is 16.5. The van der Waals surface area contributed by atoms with E-state index in [9.17, 15) is 19.2 Å². The molecule has 483 valence electrons. The van der Waals surface area contributed by atoms with Crippen LogP contribution in [0, 0.1) is 27.7 Å². The third kappa shape index (κ3) is 23.7. The van der Waals surface area contributed by atoms with Crippen LogP contribution in [0.1, 0.15) is 105 Å². The summed E-state index contributed by atoms with van der Waals surface area (Å²) < 4.78 is 42.9. The van der Waals surface area contributed by atoms with Crippen LogP contribution >= 0.6 is 60.6 Å². The number of esters is 3. The molecule has 2 aliphatic rings. The Bertz CT molecular complexity index is 3600. The van der Waals surface area contributed by atoms with Crippen LogP contribution in [0.3, 0.4) is 0 Å². The number of nitrogens with zero attached hydrogens (tertiary/aromatic N) is 13. The molecule has 3 N–H and O–H groups in total. The molecule has 2 saturated heterocycles. The van der Waals surface area contributed by atoms with Crippen molar-refractivity contribution < 1.29 is 92.7 Å². The van der Waals surface area contributed by atoms with Gasteiger partial charge in [0.1, 0.15) is 22.8 Å². The summed E-state index contributed by atoms with van der Waals surface area (Å²) in [5.74, 6) is -2.30. The summed E-state index contributed by atoms with van der Waals surface area (Å²) >= 11 is 13.3. The Morgan fingerprint density at radius 3 is 1.24 bits per heavy atom. The molecule has 2 aliphatic heterocycles. The second-order valence-electron chi connectivity index (χ2n) is 19.7. The fourth-order valence-corrected chi connectivity index (χ4v) is 9.27. The zero-order chi connectivity index (χ0) is 66.9. The van der Waals surface area contributed by atoms with Gasteiger partial charge in [-0.05, 0) is 177 Å². The number of aromatic carboxylic acids is 1. The number of aryl methyl sites for hydroxylation is 8. The van der Waals surface area contributed by atoms with Gasteiger partial charge in [0.2, 0.25) is 0 Å². The largest absolute Gasteiger partial charge is 1.00 e. The first kappa shape index (κ1) is 82.9. The van der Waals surface area contributed by atoms with Gasteiger partial charge in [-0.3, -0.25) is 18.7 Å². The van der Waals surface area contributed by atoms with Crippen molar-refractivity contribution in [2.75, 3.05) is 41.7 Å². The molecule has 8 aromatic rings. The number of aromatic nitrogens is 12. The second-order valence-corrected chi connectivity index (χ2v) is 22.5. The summed E-state index contributed by atoms with van der Waals surface area (Å²) in [6.45, 7) is 17.5. The molecule has 0 aliphatic carbocycles. The van der Waals surface area contributed by atoms with Crippen molar-refractivity contribution in [3.63, 3.8) is 0 Å². The quantitative estimate of drug-likeness (QED) is 0.0655. The predicted molar refractivity (Wildman–Crippen MR) is 353 cm³/mol. The number of rotatable bonds is 8. The van der Waals surface area contributed by atoms with Crippen LogP contribution in [0.2, 0.25) is 0 Å². The van der Waals surface area contributed by atoms with Gasteiger partial charge < -0.3 is 43.9 Å². The first-order valence-corrected chi connectivity index (χ1v) is 29.6. The van der Waals surface area contributed by atoms with Crippen molar-refractivity contribution in [3.8, 4) is 33.8 Å². The monoisotopic (exact) mass is 1470 g/mol. The fourth-order valence-electron chi connectivity index (χ4n) is 7.93. The van der Waals surface area contributed by atoms with Gasteiger partial charge in [-0.15, -0.1) is 0 Å². The van der Waals surface area contributed by atoms with E-state index in [-0.39, 0.29) is 59.0 Å². The number of halogens is 3. The summed E-state index contributed by atoms with van der Waals surface area (Å²) in [6.07, 6.45) is 9.45. The molecule has 2 fully saturated rings. The maximum atomic E-state index is 11.4. The standard InChI is InChI=1S/C12H12BrN3O2.C12H13N3O2.C11H10BrN3O2.C10H17BN2O2.C8H8BrNO2.C4H8O.CH4O.BHNS.Na.H2O/c1-7-8(11-9(13)6-14-16(11)2)4-5-10(15-7)12(17)18-3;1-8-9(11-6-7-13-15(11)2)4-5-10(14-8)12(16)17-3;1-6-7(3-4-9(14-6)11(16)17)10-8(12)5-13-15(10)2;1-9(2)10(3,4)15-11(14-9)8-6-7-12-13(8)5;1-5-6(9)3-4-7(10-5)8(11)12-2;1-2-4-5-3-1;1-2;1-2-3;;/h4-6H,1-3H3;4-7H,1-3H3;3-5H,1-2H3,(H,16,17);6-7H,1-5H3;3-4H,1-2H3;1-4H2;2H,1H3;3H;;1H2/q;;;;;;;;+1;/p-1. The summed E-state index contributed by atoms with van der Waals surface area (Å²) in [4.78, 5) is 61.0. The number of carbonyl (C=O) groups is 4. The maximum Gasteiger partial charge on any atom is 1.00 e. The summed E-state index contributed by atoms with van der Waals surface area (Å²) in [5, 5.41) is 32.3. The molecule has 33 heteroatoms. The van der Waals surface area contributed by atoms with E-state index in [0.717, 1.165) is 90.2 Å². The number of carbonyl (C=O) groups excluding carboxylic acids is 3. The fraction of sp³-hybridized carbons (Fsp3) is 0.379. The zero-order valence-electron chi connectivity index (χ0n) is 53.9. The SMILES string of the molecule is C1CCOC1.CO.COC(=O)c1ccc(-c2c(Br)cnn2C)c(C)n1.COC(=O)c1ccc(-c2ccnn2C)c(C)n1.COC(=O)c1ccc(Br)c(C)n1.Cc1nc(C(=O)O)ccc1-c1c(Br)cnn1C.Cn1nccc1B1OC(C)(C)C(C)(C)O1.[B]=NS.[Na+].[OH-]. The van der Waals surface area contributed by atoms with Crippen molar-refractivity contribution >= 4 is 105 Å². The van der Waals surface area contributed by atoms with Gasteiger partial charge in [-0.1, -0.05) is 0 Å². The number of hydrogen-bond donors (Lipinski definition) is 3. The molecule has 91 heavy (non-hydrogen) atoms. The number of aliphatic hydroxyl groups is 1. The van der Waals surface area contributed by atoms with Gasteiger partial charge >= 0.3 is 85.3 Å². The minimum absolute atomic E-state index is 0. The first-order chi connectivity index (χ1) is 42.1. The van der Waals surface area contributed by atoms with E-state index in [1.165, 1.54) is 40.2 Å². The number of carboxylic acid groups (broad SMARTS) is 1. The van der Waals surface area contributed by atoms with E-state index in [1.807, 2.05) is 101 Å². The molecule has 0 unspecified atom stereocenters. The Morgan fingerprint density at radius 1 is 0.571 bits per heavy atom. The van der Waals surface area contributed by atoms with Crippen molar-refractivity contribution in [3.05, 3.63) is 144 Å². The Morgan fingerprint density at radius 2 is 0.934 bits per heavy atom. The maximum absolute atomic E-state index is 11.4. The normalized spacial score (nSPS) is 12.6. The number of thiol groups is 1. The minimum atomic E-state index is -1.02. The van der Waals surface area contributed by atoms with E-state index < -0.39 is 23.9 Å². The third-order valence-electron chi connectivity index (χ3n) is 13.3. The van der Waals surface area contributed by atoms with E-state index in [2.05, 4.69) is 127 Å². The van der Waals surface area contributed by atoms with Crippen molar-refractivity contribution in [1.82, 2.24) is 59.1 Å². The average molecular weight is 1480 g/mol. The van der Waals surface area contributed by atoms with Crippen LogP contribution in [0.15, 0.2) is 103 Å². The van der Waals surface area contributed by atoms with Crippen LogP contribution < -0.4 is 35.2 Å². The molecule has 10 rings (SSSR count). The number of hydrogen-bond acceptors (Lipinski definition) is 22. The smallest absolute Gasteiger partial charge is 0.870 e. The zero-order valence-corrected chi connectivity index (χ0v) is 61.5. The molecular weight excluding hydrogens is 1400 g/mol. The molecule has 26 nitrogen and oxygen atoms in total. The molecule has 0 saturated carbocycles. The minimum Gasteiger partial charge on any atom is -0.870 e. The van der Waals surface area contributed by atoms with Crippen LogP contribution in [0.5, 0.6) is 0 Å². The molecule has 10 heterocycles. The molecule has 0 bridgehead atoms. The molecule has 0 atom stereocenters. The van der Waals surface area contributed by atoms with E-state index in [1.54, 1.807) is 80.8 Å². The first-order valence-electron chi connectivity index (χ1n) is 26.9. The Kier molecular flexibility index (Phi) is 36.5. The second kappa shape index (κ2) is 40.1. The van der Waals surface area contributed by atoms with Crippen molar-refractivity contribution in [2.24, 2.45) is 32.5 Å². The van der Waals surface area contributed by atoms with Gasteiger partial charge in [-0.2, -0.15) is 20.4 Å². The molecular formula is C58H74B2Br3N13NaO13S. The Hall–Kier alpha value is -6.16. The van der Waals surface area contributed by atoms with Crippen LogP contribution in [-0.4, -0.2) is 166 Å². The van der Waals surface area contributed by atoms with Crippen LogP contribution in [-0.2, 0) is 56.4 Å². The Labute approximate surface area is 583 Å². The number of ether oxygens (including phenoxy) is 4. The molecule has 1 radical (unpaired) electrons. The van der Waals surface area contributed by atoms with Crippen molar-refractivity contribution in [1.29, 1.82) is 0 Å². The van der Waals surface area contributed by atoms with Crippen LogP contribution in [0.4, 0.5) is 0 Å². The van der Waals surface area contributed by atoms with E-state index >= 15 is 0 Å². The van der Waals surface area contributed by atoms with Gasteiger partial charge in [0.05, 0.1) is 82.2 Å². The average Bonchev–Trinajstić information content (AvgIpc) is 1.94. The summed E-state index contributed by atoms with van der Waals surface area (Å²) in [5.41, 5.74) is 9.85. The molecule has 8 aromatic heterocycles. The number of aliphatic hydroxyl groups excluding tert-OH is 1.